The first-order valence-electron chi connectivity index (χ1n) is 12.5. The minimum atomic E-state index is -1.16. The Morgan fingerprint density at radius 2 is 1.63 bits per heavy atom. The minimum Gasteiger partial charge on any atom is -0.394 e. The van der Waals surface area contributed by atoms with Crippen molar-refractivity contribution in [2.75, 3.05) is 32.8 Å². The smallest absolute Gasteiger partial charge is 0.394 e. The lowest BCUT2D eigenvalue weighted by Gasteiger charge is -2.39. The van der Waals surface area contributed by atoms with Crippen molar-refractivity contribution >= 4 is 23.8 Å². The van der Waals surface area contributed by atoms with E-state index in [2.05, 4.69) is 15.7 Å². The van der Waals surface area contributed by atoms with Gasteiger partial charge in [-0.2, -0.15) is 5.10 Å². The molecule has 1 saturated heterocycles. The number of para-hydroxylation sites is 1. The van der Waals surface area contributed by atoms with Gasteiger partial charge in [-0.15, -0.1) is 0 Å². The molecular formula is C26H36N6O6. The van der Waals surface area contributed by atoms with Crippen molar-refractivity contribution in [3.05, 3.63) is 42.1 Å². The number of hydrogen-bond donors (Lipinski definition) is 3. The highest BCUT2D eigenvalue weighted by molar-refractivity contribution is 5.92. The van der Waals surface area contributed by atoms with Crippen molar-refractivity contribution in [2.45, 2.75) is 46.7 Å². The van der Waals surface area contributed by atoms with E-state index in [0.717, 1.165) is 5.69 Å². The summed E-state index contributed by atoms with van der Waals surface area (Å²) in [6, 6.07) is 8.95. The summed E-state index contributed by atoms with van der Waals surface area (Å²) in [6.07, 6.45) is -0.545. The second-order valence-corrected chi connectivity index (χ2v) is 10.3. The average Bonchev–Trinajstić information content (AvgIpc) is 3.24. The Morgan fingerprint density at radius 3 is 2.18 bits per heavy atom. The number of piperazine rings is 1. The summed E-state index contributed by atoms with van der Waals surface area (Å²) >= 11 is 0. The van der Waals surface area contributed by atoms with Crippen LogP contribution in [0.15, 0.2) is 36.4 Å². The van der Waals surface area contributed by atoms with Gasteiger partial charge in [0, 0.05) is 39.2 Å². The molecule has 4 amide bonds. The normalized spacial score (nSPS) is 15.4. The Bertz CT molecular complexity index is 1150. The van der Waals surface area contributed by atoms with Crippen molar-refractivity contribution in [1.82, 2.24) is 30.2 Å². The molecule has 206 valence electrons. The van der Waals surface area contributed by atoms with Gasteiger partial charge in [0.2, 0.25) is 23.6 Å². The van der Waals surface area contributed by atoms with Crippen LogP contribution < -0.4 is 15.4 Å². The van der Waals surface area contributed by atoms with E-state index in [-0.39, 0.29) is 32.1 Å². The molecule has 0 saturated carbocycles. The zero-order chi connectivity index (χ0) is 28.0. The summed E-state index contributed by atoms with van der Waals surface area (Å²) < 4.78 is 7.21. The number of carbonyl (C=O) groups excluding carboxylic acids is 4. The van der Waals surface area contributed by atoms with Crippen LogP contribution >= 0.6 is 0 Å². The fourth-order valence-corrected chi connectivity index (χ4v) is 4.08. The minimum absolute atomic E-state index is 0.249. The van der Waals surface area contributed by atoms with E-state index in [1.165, 1.54) is 11.8 Å². The van der Waals surface area contributed by atoms with Gasteiger partial charge in [0.25, 0.3) is 0 Å². The Hall–Kier alpha value is -3.93. The molecule has 12 nitrogen and oxygen atoms in total. The molecule has 1 aromatic heterocycles. The molecule has 3 rings (SSSR count). The summed E-state index contributed by atoms with van der Waals surface area (Å²) in [5.74, 6) is -1.13. The maximum Gasteiger partial charge on any atom is 0.416 e. The first-order chi connectivity index (χ1) is 17.9. The Labute approximate surface area is 221 Å². The Kier molecular flexibility index (Phi) is 9.10. The zero-order valence-electron chi connectivity index (χ0n) is 22.4. The van der Waals surface area contributed by atoms with Crippen molar-refractivity contribution in [1.29, 1.82) is 0 Å². The number of rotatable bonds is 7. The molecule has 2 atom stereocenters. The molecule has 1 aliphatic rings. The molecule has 0 bridgehead atoms. The molecule has 0 radical (unpaired) electrons. The van der Waals surface area contributed by atoms with Crippen LogP contribution in [0.5, 0.6) is 5.88 Å². The fourth-order valence-electron chi connectivity index (χ4n) is 4.08. The van der Waals surface area contributed by atoms with E-state index < -0.39 is 42.0 Å². The molecular weight excluding hydrogens is 492 g/mol. The van der Waals surface area contributed by atoms with Crippen LogP contribution in [0.2, 0.25) is 0 Å². The van der Waals surface area contributed by atoms with E-state index in [9.17, 15) is 24.3 Å². The Balaban J connectivity index is 1.63. The number of carbonyl (C=O) groups is 4. The predicted molar refractivity (Wildman–Crippen MR) is 139 cm³/mol. The van der Waals surface area contributed by atoms with Gasteiger partial charge in [-0.1, -0.05) is 39.0 Å². The van der Waals surface area contributed by atoms with E-state index in [4.69, 9.17) is 4.74 Å². The van der Waals surface area contributed by atoms with Crippen molar-refractivity contribution in [2.24, 2.45) is 5.41 Å². The van der Waals surface area contributed by atoms with Gasteiger partial charge in [-0.25, -0.2) is 9.48 Å². The highest BCUT2D eigenvalue weighted by Gasteiger charge is 2.38. The first kappa shape index (κ1) is 28.6. The maximum absolute atomic E-state index is 13.4. The standard InChI is InChI=1S/C26H36N6O6/c1-17-15-21(32(29-17)19-9-7-6-8-10-19)38-25(37)31-13-11-30(12-14-31)24(36)22(26(3,4)5)28-23(35)20(16-33)27-18(2)34/h6-10,15,20,22,33H,11-14,16H2,1-5H3,(H,27,34)(H,28,35)/t20-,22+/m0/s1. The first-order valence-corrected chi connectivity index (χ1v) is 12.5. The van der Waals surface area contributed by atoms with Gasteiger partial charge < -0.3 is 30.3 Å². The molecule has 2 heterocycles. The molecule has 38 heavy (non-hydrogen) atoms. The molecule has 1 aliphatic heterocycles. The van der Waals surface area contributed by atoms with Crippen molar-refractivity contribution in [3.8, 4) is 11.6 Å². The van der Waals surface area contributed by atoms with Crippen molar-refractivity contribution in [3.63, 3.8) is 0 Å². The highest BCUT2D eigenvalue weighted by atomic mass is 16.6. The van der Waals surface area contributed by atoms with Gasteiger partial charge in [-0.3, -0.25) is 14.4 Å². The number of benzene rings is 1. The number of ether oxygens (including phenoxy) is 1. The quantitative estimate of drug-likeness (QED) is 0.483. The number of hydrogen-bond acceptors (Lipinski definition) is 7. The average molecular weight is 529 g/mol. The van der Waals surface area contributed by atoms with E-state index in [0.29, 0.717) is 11.6 Å². The number of aromatic nitrogens is 2. The molecule has 1 aromatic carbocycles. The summed E-state index contributed by atoms with van der Waals surface area (Å²) in [5, 5.41) is 19.0. The lowest BCUT2D eigenvalue weighted by molar-refractivity contribution is -0.141. The van der Waals surface area contributed by atoms with Crippen LogP contribution in [-0.4, -0.2) is 93.4 Å². The number of aliphatic hydroxyl groups excluding tert-OH is 1. The molecule has 0 spiro atoms. The lowest BCUT2D eigenvalue weighted by Crippen LogP contribution is -2.61. The van der Waals surface area contributed by atoms with Crippen LogP contribution in [0.1, 0.15) is 33.4 Å². The van der Waals surface area contributed by atoms with Crippen molar-refractivity contribution < 1.29 is 29.0 Å². The number of aliphatic hydroxyl groups is 1. The van der Waals surface area contributed by atoms with E-state index in [1.807, 2.05) is 58.0 Å². The van der Waals surface area contributed by atoms with Crippen LogP contribution in [-0.2, 0) is 14.4 Å². The molecule has 0 aliphatic carbocycles. The third-order valence-electron chi connectivity index (χ3n) is 6.12. The summed E-state index contributed by atoms with van der Waals surface area (Å²) in [6.45, 7) is 8.89. The number of nitrogens with one attached hydrogen (secondary N) is 2. The van der Waals surface area contributed by atoms with Crippen LogP contribution in [0.3, 0.4) is 0 Å². The predicted octanol–water partition coefficient (Wildman–Crippen LogP) is 0.852. The largest absolute Gasteiger partial charge is 0.416 e. The van der Waals surface area contributed by atoms with Gasteiger partial charge in [0.15, 0.2) is 0 Å². The van der Waals surface area contributed by atoms with Gasteiger partial charge in [0.05, 0.1) is 18.0 Å². The Morgan fingerprint density at radius 1 is 1.03 bits per heavy atom. The van der Waals surface area contributed by atoms with Crippen LogP contribution in [0.4, 0.5) is 4.79 Å². The second kappa shape index (κ2) is 12.1. The van der Waals surface area contributed by atoms with Crippen LogP contribution in [0.25, 0.3) is 5.69 Å². The molecule has 0 unspecified atom stereocenters. The molecule has 1 fully saturated rings. The number of aryl methyl sites for hydroxylation is 1. The van der Waals surface area contributed by atoms with Gasteiger partial charge in [0.1, 0.15) is 12.1 Å². The fraction of sp³-hybridized carbons (Fsp3) is 0.500. The molecule has 12 heteroatoms. The summed E-state index contributed by atoms with van der Waals surface area (Å²) in [7, 11) is 0. The summed E-state index contributed by atoms with van der Waals surface area (Å²) in [5.41, 5.74) is 0.813. The van der Waals surface area contributed by atoms with E-state index >= 15 is 0 Å². The second-order valence-electron chi connectivity index (χ2n) is 10.3. The monoisotopic (exact) mass is 528 g/mol. The van der Waals surface area contributed by atoms with Crippen LogP contribution in [0, 0.1) is 12.3 Å². The highest BCUT2D eigenvalue weighted by Crippen LogP contribution is 2.23. The maximum atomic E-state index is 13.4. The SMILES string of the molecule is CC(=O)N[C@@H](CO)C(=O)N[C@H](C(=O)N1CCN(C(=O)Oc2cc(C)nn2-c2ccccc2)CC1)C(C)(C)C. The number of nitrogens with zero attached hydrogens (tertiary/aromatic N) is 4. The molecule has 2 aromatic rings. The third kappa shape index (κ3) is 7.09. The third-order valence-corrected chi connectivity index (χ3v) is 6.12. The molecule has 3 N–H and O–H groups in total. The van der Waals surface area contributed by atoms with E-state index in [1.54, 1.807) is 15.6 Å². The zero-order valence-corrected chi connectivity index (χ0v) is 22.4. The topological polar surface area (TPSA) is 146 Å². The van der Waals surface area contributed by atoms with Gasteiger partial charge >= 0.3 is 6.09 Å². The summed E-state index contributed by atoms with van der Waals surface area (Å²) in [4.78, 5) is 53.4. The number of amides is 4. The lowest BCUT2D eigenvalue weighted by atomic mass is 9.85. The van der Waals surface area contributed by atoms with Gasteiger partial charge in [-0.05, 0) is 24.5 Å².